The van der Waals surface area contributed by atoms with Gasteiger partial charge in [0.2, 0.25) is 5.91 Å². The van der Waals surface area contributed by atoms with Crippen LogP contribution in [0.4, 0.5) is 5.82 Å². The molecule has 2 aromatic carbocycles. The Morgan fingerprint density at radius 3 is 2.38 bits per heavy atom. The van der Waals surface area contributed by atoms with E-state index in [9.17, 15) is 4.79 Å². The van der Waals surface area contributed by atoms with Gasteiger partial charge in [0.15, 0.2) is 5.65 Å². The lowest BCUT2D eigenvalue weighted by molar-refractivity contribution is -0.138. The van der Waals surface area contributed by atoms with Gasteiger partial charge in [-0.1, -0.05) is 18.2 Å². The fourth-order valence-electron chi connectivity index (χ4n) is 5.25. The molecule has 11 heteroatoms. The minimum atomic E-state index is 0.0288. The number of hydrogen-bond donors (Lipinski definition) is 1. The van der Waals surface area contributed by atoms with Crippen LogP contribution in [0.25, 0.3) is 22.3 Å². The van der Waals surface area contributed by atoms with Crippen molar-refractivity contribution in [2.45, 2.75) is 6.04 Å². The summed E-state index contributed by atoms with van der Waals surface area (Å²) in [6.07, 6.45) is 1.46. The highest BCUT2D eigenvalue weighted by Gasteiger charge is 2.35. The molecule has 0 spiro atoms. The largest absolute Gasteiger partial charge is 0.457 e. The lowest BCUT2D eigenvalue weighted by Gasteiger charge is -2.41. The third-order valence-electron chi connectivity index (χ3n) is 7.62. The molecule has 0 aliphatic carbocycles. The maximum Gasteiger partial charge on any atom is 0.236 e. The quantitative estimate of drug-likeness (QED) is 0.341. The first kappa shape index (κ1) is 26.2. The Labute approximate surface area is 233 Å². The molecule has 2 N–H and O–H groups in total. The second kappa shape index (κ2) is 11.6. The molecule has 208 valence electrons. The Morgan fingerprint density at radius 2 is 1.65 bits per heavy atom. The zero-order valence-corrected chi connectivity index (χ0v) is 22.6. The van der Waals surface area contributed by atoms with Crippen molar-refractivity contribution in [1.29, 1.82) is 0 Å². The number of carbonyl (C=O) groups excluding carboxylic acids is 1. The number of hydrogen-bond acceptors (Lipinski definition) is 9. The number of rotatable bonds is 9. The molecule has 40 heavy (non-hydrogen) atoms. The van der Waals surface area contributed by atoms with Crippen molar-refractivity contribution in [1.82, 2.24) is 34.4 Å². The van der Waals surface area contributed by atoms with Crippen molar-refractivity contribution in [3.63, 3.8) is 0 Å². The molecule has 4 aromatic rings. The number of fused-ring (bicyclic) bond motifs is 1. The molecule has 2 fully saturated rings. The van der Waals surface area contributed by atoms with Gasteiger partial charge in [-0.15, -0.1) is 0 Å². The highest BCUT2D eigenvalue weighted by atomic mass is 16.5. The number of methoxy groups -OCH3 is 1. The predicted molar refractivity (Wildman–Crippen MR) is 152 cm³/mol. The second-order valence-corrected chi connectivity index (χ2v) is 10.3. The molecule has 2 aliphatic heterocycles. The summed E-state index contributed by atoms with van der Waals surface area (Å²) in [5.74, 6) is 2.04. The van der Waals surface area contributed by atoms with Crippen LogP contribution in [0, 0.1) is 0 Å². The topological polar surface area (TPSA) is 115 Å². The minimum absolute atomic E-state index is 0.0288. The molecular weight excluding hydrogens is 508 g/mol. The molecule has 6 rings (SSSR count). The SMILES string of the molecule is COCCN1CCN(CC(=O)N2CC(n3nc(-c4ccc(Oc5ccccc5)cc4)c4c(N)ncnc43)C2)CC1. The van der Waals surface area contributed by atoms with Crippen LogP contribution in [0.15, 0.2) is 60.9 Å². The van der Waals surface area contributed by atoms with Crippen LogP contribution in [-0.2, 0) is 9.53 Å². The lowest BCUT2D eigenvalue weighted by Crippen LogP contribution is -2.56. The summed E-state index contributed by atoms with van der Waals surface area (Å²) >= 11 is 0. The van der Waals surface area contributed by atoms with Crippen LogP contribution < -0.4 is 10.5 Å². The summed E-state index contributed by atoms with van der Waals surface area (Å²) in [7, 11) is 1.73. The van der Waals surface area contributed by atoms with Gasteiger partial charge in [-0.2, -0.15) is 5.10 Å². The maximum atomic E-state index is 13.0. The molecule has 11 nitrogen and oxygen atoms in total. The number of amides is 1. The van der Waals surface area contributed by atoms with Gasteiger partial charge >= 0.3 is 0 Å². The highest BCUT2D eigenvalue weighted by molar-refractivity contribution is 5.98. The normalized spacial score (nSPS) is 16.8. The number of piperazine rings is 1. The average molecular weight is 543 g/mol. The predicted octanol–water partition coefficient (Wildman–Crippen LogP) is 2.52. The molecule has 0 saturated carbocycles. The Kier molecular flexibility index (Phi) is 7.58. The van der Waals surface area contributed by atoms with Crippen molar-refractivity contribution < 1.29 is 14.3 Å². The monoisotopic (exact) mass is 542 g/mol. The third kappa shape index (κ3) is 5.48. The van der Waals surface area contributed by atoms with Gasteiger partial charge in [-0.25, -0.2) is 14.6 Å². The fraction of sp³-hybridized carbons (Fsp3) is 0.379. The summed E-state index contributed by atoms with van der Waals surface area (Å²) in [4.78, 5) is 28.2. The minimum Gasteiger partial charge on any atom is -0.457 e. The van der Waals surface area contributed by atoms with E-state index in [0.29, 0.717) is 31.1 Å². The van der Waals surface area contributed by atoms with Gasteiger partial charge in [-0.3, -0.25) is 14.6 Å². The van der Waals surface area contributed by atoms with Gasteiger partial charge in [-0.05, 0) is 36.4 Å². The van der Waals surface area contributed by atoms with E-state index in [0.717, 1.165) is 67.5 Å². The van der Waals surface area contributed by atoms with Crippen molar-refractivity contribution in [3.8, 4) is 22.8 Å². The number of likely N-dealkylation sites (tertiary alicyclic amines) is 1. The number of nitrogens with two attached hydrogens (primary N) is 1. The average Bonchev–Trinajstić information content (AvgIpc) is 3.33. The standard InChI is InChI=1S/C29H34N8O3/c1-39-16-15-34-11-13-35(14-12-34)19-25(38)36-17-22(18-36)37-29-26(28(30)31-20-32-29)27(33-37)21-7-9-24(10-8-21)40-23-5-3-2-4-6-23/h2-10,20,22H,11-19H2,1H3,(H2,30,31,32). The summed E-state index contributed by atoms with van der Waals surface area (Å²) in [6, 6.07) is 17.4. The summed E-state index contributed by atoms with van der Waals surface area (Å²) < 4.78 is 13.0. The van der Waals surface area contributed by atoms with Gasteiger partial charge < -0.3 is 20.1 Å². The van der Waals surface area contributed by atoms with Crippen molar-refractivity contribution in [3.05, 3.63) is 60.9 Å². The van der Waals surface area contributed by atoms with Crippen molar-refractivity contribution in [2.24, 2.45) is 0 Å². The highest BCUT2D eigenvalue weighted by Crippen LogP contribution is 2.35. The van der Waals surface area contributed by atoms with E-state index in [-0.39, 0.29) is 11.9 Å². The van der Waals surface area contributed by atoms with Crippen LogP contribution >= 0.6 is 0 Å². The number of benzene rings is 2. The molecule has 2 aromatic heterocycles. The number of anilines is 1. The van der Waals surface area contributed by atoms with Gasteiger partial charge in [0, 0.05) is 58.5 Å². The molecule has 0 atom stereocenters. The molecule has 1 amide bonds. The van der Waals surface area contributed by atoms with E-state index >= 15 is 0 Å². The smallest absolute Gasteiger partial charge is 0.236 e. The van der Waals surface area contributed by atoms with Gasteiger partial charge in [0.1, 0.15) is 29.3 Å². The maximum absolute atomic E-state index is 13.0. The molecule has 2 saturated heterocycles. The number of nitrogens with zero attached hydrogens (tertiary/aromatic N) is 7. The summed E-state index contributed by atoms with van der Waals surface area (Å²) in [6.45, 7) is 7.02. The van der Waals surface area contributed by atoms with Crippen LogP contribution in [0.5, 0.6) is 11.5 Å². The third-order valence-corrected chi connectivity index (χ3v) is 7.62. The van der Waals surface area contributed by atoms with Crippen LogP contribution in [0.2, 0.25) is 0 Å². The van der Waals surface area contributed by atoms with E-state index in [2.05, 4.69) is 19.8 Å². The van der Waals surface area contributed by atoms with Crippen LogP contribution in [0.1, 0.15) is 6.04 Å². The molecule has 2 aliphatic rings. The van der Waals surface area contributed by atoms with E-state index < -0.39 is 0 Å². The molecule has 0 bridgehead atoms. The van der Waals surface area contributed by atoms with Gasteiger partial charge in [0.25, 0.3) is 0 Å². The number of para-hydroxylation sites is 1. The Morgan fingerprint density at radius 1 is 0.950 bits per heavy atom. The van der Waals surface area contributed by atoms with E-state index in [4.69, 9.17) is 20.3 Å². The van der Waals surface area contributed by atoms with E-state index in [1.54, 1.807) is 7.11 Å². The Bertz CT molecular complexity index is 1450. The first-order valence-corrected chi connectivity index (χ1v) is 13.6. The zero-order valence-electron chi connectivity index (χ0n) is 22.6. The zero-order chi connectivity index (χ0) is 27.5. The number of carbonyl (C=O) groups is 1. The Balaban J connectivity index is 1.12. The Hall–Kier alpha value is -4.06. The van der Waals surface area contributed by atoms with E-state index in [1.807, 2.05) is 64.2 Å². The fourth-order valence-corrected chi connectivity index (χ4v) is 5.25. The molecule has 4 heterocycles. The number of aromatic nitrogens is 4. The van der Waals surface area contributed by atoms with Crippen molar-refractivity contribution >= 4 is 22.8 Å². The number of nitrogen functional groups attached to an aromatic ring is 1. The number of ether oxygens (including phenoxy) is 2. The summed E-state index contributed by atoms with van der Waals surface area (Å²) in [5, 5.41) is 5.65. The van der Waals surface area contributed by atoms with E-state index in [1.165, 1.54) is 6.33 Å². The van der Waals surface area contributed by atoms with Gasteiger partial charge in [0.05, 0.1) is 24.6 Å². The molecule has 0 unspecified atom stereocenters. The molecule has 0 radical (unpaired) electrons. The van der Waals surface area contributed by atoms with Crippen LogP contribution in [0.3, 0.4) is 0 Å². The molecular formula is C29H34N8O3. The first-order chi connectivity index (χ1) is 19.6. The lowest BCUT2D eigenvalue weighted by atomic mass is 10.1. The second-order valence-electron chi connectivity index (χ2n) is 10.3. The van der Waals surface area contributed by atoms with Crippen molar-refractivity contribution in [2.75, 3.05) is 71.8 Å². The first-order valence-electron chi connectivity index (χ1n) is 13.6. The summed E-state index contributed by atoms with van der Waals surface area (Å²) in [5.41, 5.74) is 8.59. The van der Waals surface area contributed by atoms with Crippen LogP contribution in [-0.4, -0.2) is 106 Å².